The normalized spacial score (nSPS) is 9.45. The highest BCUT2D eigenvalue weighted by atomic mass is 16.4. The molecule has 0 fully saturated rings. The average Bonchev–Trinajstić information content (AvgIpc) is 2.03. The standard InChI is InChI=1S/C8H8NO2/c10-8(11)4-3-7-2-1-5-9-6-7/h1-2,5H,3-4H2,(H,10,11). The second-order valence-electron chi connectivity index (χ2n) is 2.17. The van der Waals surface area contributed by atoms with Gasteiger partial charge in [0.05, 0.1) is 6.20 Å². The molecule has 0 saturated heterocycles. The first-order chi connectivity index (χ1) is 5.29. The van der Waals surface area contributed by atoms with Gasteiger partial charge in [-0.05, 0) is 18.1 Å². The minimum atomic E-state index is -0.790. The molecule has 0 aliphatic carbocycles. The smallest absolute Gasteiger partial charge is 0.303 e. The van der Waals surface area contributed by atoms with Gasteiger partial charge in [0.25, 0.3) is 0 Å². The van der Waals surface area contributed by atoms with E-state index in [4.69, 9.17) is 5.11 Å². The average molecular weight is 150 g/mol. The molecule has 0 bridgehead atoms. The highest BCUT2D eigenvalue weighted by Gasteiger charge is 1.97. The number of nitrogens with zero attached hydrogens (tertiary/aromatic N) is 1. The van der Waals surface area contributed by atoms with Crippen molar-refractivity contribution in [2.24, 2.45) is 0 Å². The number of carboxylic acids is 1. The Kier molecular flexibility index (Phi) is 2.60. The van der Waals surface area contributed by atoms with Crippen LogP contribution in [0.2, 0.25) is 0 Å². The van der Waals surface area contributed by atoms with Gasteiger partial charge in [-0.3, -0.25) is 9.78 Å². The number of aryl methyl sites for hydroxylation is 1. The zero-order valence-electron chi connectivity index (χ0n) is 5.95. The van der Waals surface area contributed by atoms with Gasteiger partial charge in [-0.2, -0.15) is 0 Å². The number of carbonyl (C=O) groups is 1. The molecule has 0 aromatic carbocycles. The molecule has 0 unspecified atom stereocenters. The molecular formula is C8H8NO2. The third kappa shape index (κ3) is 2.80. The second kappa shape index (κ2) is 3.71. The van der Waals surface area contributed by atoms with Crippen molar-refractivity contribution in [1.82, 2.24) is 4.98 Å². The van der Waals surface area contributed by atoms with E-state index < -0.39 is 5.97 Å². The highest BCUT2D eigenvalue weighted by molar-refractivity contribution is 5.67. The lowest BCUT2D eigenvalue weighted by Crippen LogP contribution is -1.97. The van der Waals surface area contributed by atoms with Gasteiger partial charge in [0.2, 0.25) is 0 Å². The summed E-state index contributed by atoms with van der Waals surface area (Å²) in [7, 11) is 0. The first-order valence-electron chi connectivity index (χ1n) is 3.32. The van der Waals surface area contributed by atoms with E-state index in [0.29, 0.717) is 6.42 Å². The maximum absolute atomic E-state index is 10.1. The number of carboxylic acid groups (broad SMARTS) is 1. The molecule has 0 saturated carbocycles. The van der Waals surface area contributed by atoms with Crippen molar-refractivity contribution < 1.29 is 9.90 Å². The summed E-state index contributed by atoms with van der Waals surface area (Å²) in [4.78, 5) is 13.9. The summed E-state index contributed by atoms with van der Waals surface area (Å²) in [5, 5.41) is 8.34. The quantitative estimate of drug-likeness (QED) is 0.696. The number of aromatic nitrogens is 1. The van der Waals surface area contributed by atoms with Gasteiger partial charge in [0.1, 0.15) is 0 Å². The zero-order valence-corrected chi connectivity index (χ0v) is 5.95. The molecule has 11 heavy (non-hydrogen) atoms. The van der Waals surface area contributed by atoms with Crippen molar-refractivity contribution in [3.05, 3.63) is 30.1 Å². The fourth-order valence-electron chi connectivity index (χ4n) is 0.741. The minimum Gasteiger partial charge on any atom is -0.481 e. The SMILES string of the molecule is O=C(O)CCc1[c]nccc1. The molecule has 1 aromatic rings. The van der Waals surface area contributed by atoms with Crippen molar-refractivity contribution in [3.8, 4) is 0 Å². The first kappa shape index (κ1) is 7.72. The van der Waals surface area contributed by atoms with Gasteiger partial charge in [-0.1, -0.05) is 6.07 Å². The van der Waals surface area contributed by atoms with Crippen LogP contribution in [0.15, 0.2) is 18.3 Å². The maximum atomic E-state index is 10.1. The molecule has 0 aliphatic heterocycles. The van der Waals surface area contributed by atoms with Crippen LogP contribution in [0.5, 0.6) is 0 Å². The molecule has 1 rings (SSSR count). The number of hydrogen-bond acceptors (Lipinski definition) is 2. The molecule has 0 atom stereocenters. The third-order valence-corrected chi connectivity index (χ3v) is 1.27. The molecule has 1 heterocycles. The summed E-state index contributed by atoms with van der Waals surface area (Å²) in [5.41, 5.74) is 0.843. The predicted molar refractivity (Wildman–Crippen MR) is 39.0 cm³/mol. The Labute approximate surface area is 64.7 Å². The van der Waals surface area contributed by atoms with E-state index in [2.05, 4.69) is 11.2 Å². The topological polar surface area (TPSA) is 50.2 Å². The first-order valence-corrected chi connectivity index (χ1v) is 3.32. The van der Waals surface area contributed by atoms with Crippen LogP contribution >= 0.6 is 0 Å². The second-order valence-corrected chi connectivity index (χ2v) is 2.17. The van der Waals surface area contributed by atoms with Gasteiger partial charge in [-0.15, -0.1) is 0 Å². The van der Waals surface area contributed by atoms with Crippen molar-refractivity contribution >= 4 is 5.97 Å². The van der Waals surface area contributed by atoms with E-state index in [-0.39, 0.29) is 6.42 Å². The van der Waals surface area contributed by atoms with Crippen LogP contribution in [0, 0.1) is 6.20 Å². The maximum Gasteiger partial charge on any atom is 0.303 e. The van der Waals surface area contributed by atoms with Crippen LogP contribution in [-0.2, 0) is 11.2 Å². The summed E-state index contributed by atoms with van der Waals surface area (Å²) in [5.74, 6) is -0.790. The molecule has 3 heteroatoms. The van der Waals surface area contributed by atoms with Gasteiger partial charge in [0.15, 0.2) is 0 Å². The monoisotopic (exact) mass is 150 g/mol. The number of hydrogen-bond donors (Lipinski definition) is 1. The number of pyridine rings is 1. The molecule has 57 valence electrons. The Morgan fingerprint density at radius 2 is 2.55 bits per heavy atom. The van der Waals surface area contributed by atoms with Gasteiger partial charge in [-0.25, -0.2) is 0 Å². The molecule has 1 radical (unpaired) electrons. The molecule has 0 spiro atoms. The van der Waals surface area contributed by atoms with Crippen molar-refractivity contribution in [1.29, 1.82) is 0 Å². The van der Waals surface area contributed by atoms with E-state index in [1.54, 1.807) is 12.3 Å². The Bertz CT molecular complexity index is 233. The van der Waals surface area contributed by atoms with Crippen molar-refractivity contribution in [2.75, 3.05) is 0 Å². The van der Waals surface area contributed by atoms with E-state index in [0.717, 1.165) is 5.56 Å². The van der Waals surface area contributed by atoms with Crippen LogP contribution < -0.4 is 0 Å². The van der Waals surface area contributed by atoms with E-state index in [1.807, 2.05) is 6.07 Å². The predicted octanol–water partition coefficient (Wildman–Crippen LogP) is 0.899. The number of aliphatic carboxylic acids is 1. The lowest BCUT2D eigenvalue weighted by molar-refractivity contribution is -0.136. The fourth-order valence-corrected chi connectivity index (χ4v) is 0.741. The Morgan fingerprint density at radius 3 is 3.09 bits per heavy atom. The largest absolute Gasteiger partial charge is 0.481 e. The molecule has 0 amide bonds. The molecule has 3 nitrogen and oxygen atoms in total. The van der Waals surface area contributed by atoms with Gasteiger partial charge in [0, 0.05) is 12.6 Å². The van der Waals surface area contributed by atoms with E-state index >= 15 is 0 Å². The molecule has 1 aromatic heterocycles. The Hall–Kier alpha value is -1.38. The van der Waals surface area contributed by atoms with E-state index in [1.165, 1.54) is 0 Å². The lowest BCUT2D eigenvalue weighted by Gasteiger charge is -1.93. The van der Waals surface area contributed by atoms with Crippen molar-refractivity contribution in [3.63, 3.8) is 0 Å². The Balaban J connectivity index is 2.45. The number of rotatable bonds is 3. The van der Waals surface area contributed by atoms with Gasteiger partial charge >= 0.3 is 5.97 Å². The fraction of sp³-hybridized carbons (Fsp3) is 0.250. The van der Waals surface area contributed by atoms with Crippen LogP contribution in [0.1, 0.15) is 12.0 Å². The molecular weight excluding hydrogens is 142 g/mol. The summed E-state index contributed by atoms with van der Waals surface area (Å²) < 4.78 is 0. The Morgan fingerprint density at radius 1 is 1.73 bits per heavy atom. The zero-order chi connectivity index (χ0) is 8.10. The molecule has 1 N–H and O–H groups in total. The summed E-state index contributed by atoms with van der Waals surface area (Å²) in [6, 6.07) is 3.59. The van der Waals surface area contributed by atoms with E-state index in [9.17, 15) is 4.79 Å². The van der Waals surface area contributed by atoms with Crippen LogP contribution in [-0.4, -0.2) is 16.1 Å². The highest BCUT2D eigenvalue weighted by Crippen LogP contribution is 1.98. The van der Waals surface area contributed by atoms with Crippen molar-refractivity contribution in [2.45, 2.75) is 12.8 Å². The summed E-state index contributed by atoms with van der Waals surface area (Å²) >= 11 is 0. The summed E-state index contributed by atoms with van der Waals surface area (Å²) in [6.45, 7) is 0. The van der Waals surface area contributed by atoms with Crippen LogP contribution in [0.3, 0.4) is 0 Å². The van der Waals surface area contributed by atoms with Crippen LogP contribution in [0.25, 0.3) is 0 Å². The van der Waals surface area contributed by atoms with Gasteiger partial charge < -0.3 is 5.11 Å². The third-order valence-electron chi connectivity index (χ3n) is 1.27. The minimum absolute atomic E-state index is 0.141. The molecule has 0 aliphatic rings. The van der Waals surface area contributed by atoms with Crippen LogP contribution in [0.4, 0.5) is 0 Å². The lowest BCUT2D eigenvalue weighted by atomic mass is 10.2. The summed E-state index contributed by atoms with van der Waals surface area (Å²) in [6.07, 6.45) is 4.97.